The van der Waals surface area contributed by atoms with Crippen molar-refractivity contribution in [2.24, 2.45) is 7.05 Å². The van der Waals surface area contributed by atoms with Crippen molar-refractivity contribution in [1.29, 1.82) is 0 Å². The van der Waals surface area contributed by atoms with Crippen molar-refractivity contribution < 1.29 is 4.79 Å². The predicted octanol–water partition coefficient (Wildman–Crippen LogP) is 1.80. The van der Waals surface area contributed by atoms with Gasteiger partial charge in [0.25, 0.3) is 0 Å². The van der Waals surface area contributed by atoms with E-state index in [1.165, 1.54) is 0 Å². The Kier molecular flexibility index (Phi) is 3.55. The average Bonchev–Trinajstić information content (AvgIpc) is 2.59. The van der Waals surface area contributed by atoms with Crippen LogP contribution in [0.25, 0.3) is 0 Å². The molecule has 3 N–H and O–H groups in total. The molecule has 0 fully saturated rings. The summed E-state index contributed by atoms with van der Waals surface area (Å²) in [5, 5.41) is 6.98. The molecule has 0 aliphatic carbocycles. The normalized spacial score (nSPS) is 10.5. The number of rotatable bonds is 3. The van der Waals surface area contributed by atoms with Crippen LogP contribution in [-0.4, -0.2) is 15.7 Å². The Labute approximate surface area is 112 Å². The number of nitrogens with two attached hydrogens (primary N) is 1. The summed E-state index contributed by atoms with van der Waals surface area (Å²) in [4.78, 5) is 12.0. The van der Waals surface area contributed by atoms with Gasteiger partial charge in [0.15, 0.2) is 5.82 Å². The number of amides is 1. The zero-order valence-electron chi connectivity index (χ0n) is 11.4. The van der Waals surface area contributed by atoms with Crippen LogP contribution in [0.3, 0.4) is 0 Å². The molecule has 0 saturated carbocycles. The zero-order valence-corrected chi connectivity index (χ0v) is 11.4. The highest BCUT2D eigenvalue weighted by Crippen LogP contribution is 2.21. The molecule has 0 bridgehead atoms. The molecule has 100 valence electrons. The van der Waals surface area contributed by atoms with E-state index < -0.39 is 0 Å². The fourth-order valence-electron chi connectivity index (χ4n) is 1.98. The molecule has 5 nitrogen and oxygen atoms in total. The monoisotopic (exact) mass is 258 g/mol. The lowest BCUT2D eigenvalue weighted by Crippen LogP contribution is -2.18. The number of hydrogen-bond acceptors (Lipinski definition) is 3. The second-order valence-electron chi connectivity index (χ2n) is 4.62. The number of hydrogen-bond donors (Lipinski definition) is 2. The molecule has 1 aromatic carbocycles. The van der Waals surface area contributed by atoms with Crippen LogP contribution < -0.4 is 11.1 Å². The van der Waals surface area contributed by atoms with Crippen LogP contribution in [0, 0.1) is 13.8 Å². The lowest BCUT2D eigenvalue weighted by atomic mass is 10.1. The lowest BCUT2D eigenvalue weighted by molar-refractivity contribution is -0.115. The Bertz CT molecular complexity index is 616. The first-order valence-corrected chi connectivity index (χ1v) is 6.12. The Morgan fingerprint density at radius 3 is 2.63 bits per heavy atom. The third-order valence-electron chi connectivity index (χ3n) is 3.14. The van der Waals surface area contributed by atoms with Gasteiger partial charge in [-0.15, -0.1) is 0 Å². The summed E-state index contributed by atoms with van der Waals surface area (Å²) in [6, 6.07) is 7.83. The van der Waals surface area contributed by atoms with Crippen LogP contribution in [-0.2, 0) is 18.3 Å². The summed E-state index contributed by atoms with van der Waals surface area (Å²) in [5.41, 5.74) is 9.22. The molecule has 5 heteroatoms. The van der Waals surface area contributed by atoms with E-state index >= 15 is 0 Å². The smallest absolute Gasteiger partial charge is 0.230 e. The van der Waals surface area contributed by atoms with Gasteiger partial charge in [-0.2, -0.15) is 5.10 Å². The summed E-state index contributed by atoms with van der Waals surface area (Å²) in [6.07, 6.45) is 0.330. The fourth-order valence-corrected chi connectivity index (χ4v) is 1.98. The maximum Gasteiger partial charge on any atom is 0.230 e. The van der Waals surface area contributed by atoms with Crippen molar-refractivity contribution in [1.82, 2.24) is 9.78 Å². The second-order valence-corrected chi connectivity index (χ2v) is 4.62. The van der Waals surface area contributed by atoms with Crippen molar-refractivity contribution in [3.63, 3.8) is 0 Å². The average molecular weight is 258 g/mol. The maximum atomic E-state index is 12.0. The molecule has 2 rings (SSSR count). The molecule has 0 radical (unpaired) electrons. The van der Waals surface area contributed by atoms with Gasteiger partial charge in [0.05, 0.1) is 17.8 Å². The summed E-state index contributed by atoms with van der Waals surface area (Å²) in [6.45, 7) is 3.80. The second kappa shape index (κ2) is 5.14. The van der Waals surface area contributed by atoms with E-state index in [1.807, 2.05) is 38.1 Å². The van der Waals surface area contributed by atoms with Crippen LogP contribution >= 0.6 is 0 Å². The SMILES string of the molecule is Cc1ccccc1CC(=O)Nc1c(N)c(C)nn1C. The van der Waals surface area contributed by atoms with Gasteiger partial charge >= 0.3 is 0 Å². The maximum absolute atomic E-state index is 12.0. The summed E-state index contributed by atoms with van der Waals surface area (Å²) in [7, 11) is 1.76. The number of nitrogens with zero attached hydrogens (tertiary/aromatic N) is 2. The summed E-state index contributed by atoms with van der Waals surface area (Å²) in [5.74, 6) is 0.458. The molecule has 2 aromatic rings. The highest BCUT2D eigenvalue weighted by atomic mass is 16.1. The highest BCUT2D eigenvalue weighted by molar-refractivity contribution is 5.94. The Hall–Kier alpha value is -2.30. The lowest BCUT2D eigenvalue weighted by Gasteiger charge is -2.08. The molecule has 0 aliphatic rings. The van der Waals surface area contributed by atoms with Gasteiger partial charge in [-0.05, 0) is 25.0 Å². The molecular formula is C14H18N4O. The zero-order chi connectivity index (χ0) is 14.0. The first-order chi connectivity index (χ1) is 8.99. The molecule has 1 heterocycles. The topological polar surface area (TPSA) is 72.9 Å². The molecule has 0 atom stereocenters. The van der Waals surface area contributed by atoms with Gasteiger partial charge in [-0.1, -0.05) is 24.3 Å². The van der Waals surface area contributed by atoms with Crippen molar-refractivity contribution in [2.45, 2.75) is 20.3 Å². The molecule has 1 amide bonds. The minimum Gasteiger partial charge on any atom is -0.394 e. The van der Waals surface area contributed by atoms with E-state index in [9.17, 15) is 4.79 Å². The summed E-state index contributed by atoms with van der Waals surface area (Å²) < 4.78 is 1.58. The molecule has 1 aromatic heterocycles. The van der Waals surface area contributed by atoms with E-state index in [-0.39, 0.29) is 5.91 Å². The van der Waals surface area contributed by atoms with E-state index in [2.05, 4.69) is 10.4 Å². The first kappa shape index (κ1) is 13.1. The standard InChI is InChI=1S/C14H18N4O/c1-9-6-4-5-7-11(9)8-12(19)16-14-13(15)10(2)17-18(14)3/h4-7H,8,15H2,1-3H3,(H,16,19). The number of nitrogens with one attached hydrogen (secondary N) is 1. The molecule has 0 spiro atoms. The van der Waals surface area contributed by atoms with E-state index in [4.69, 9.17) is 5.73 Å². The van der Waals surface area contributed by atoms with Crippen molar-refractivity contribution >= 4 is 17.4 Å². The van der Waals surface area contributed by atoms with Crippen molar-refractivity contribution in [2.75, 3.05) is 11.1 Å². The minimum absolute atomic E-state index is 0.0935. The van der Waals surface area contributed by atoms with Gasteiger partial charge < -0.3 is 11.1 Å². The van der Waals surface area contributed by atoms with Crippen molar-refractivity contribution in [3.05, 3.63) is 41.1 Å². The number of aryl methyl sites for hydroxylation is 3. The third kappa shape index (κ3) is 2.76. The Morgan fingerprint density at radius 2 is 2.05 bits per heavy atom. The van der Waals surface area contributed by atoms with Crippen LogP contribution in [0.4, 0.5) is 11.5 Å². The third-order valence-corrected chi connectivity index (χ3v) is 3.14. The fraction of sp³-hybridized carbons (Fsp3) is 0.286. The van der Waals surface area contributed by atoms with Gasteiger partial charge in [0.2, 0.25) is 5.91 Å². The molecule has 0 aliphatic heterocycles. The van der Waals surface area contributed by atoms with Gasteiger partial charge in [-0.3, -0.25) is 9.48 Å². The molecule has 19 heavy (non-hydrogen) atoms. The van der Waals surface area contributed by atoms with Crippen LogP contribution in [0.5, 0.6) is 0 Å². The van der Waals surface area contributed by atoms with Crippen LogP contribution in [0.1, 0.15) is 16.8 Å². The van der Waals surface area contributed by atoms with Gasteiger partial charge in [0.1, 0.15) is 0 Å². The first-order valence-electron chi connectivity index (χ1n) is 6.12. The number of carbonyl (C=O) groups is 1. The summed E-state index contributed by atoms with van der Waals surface area (Å²) >= 11 is 0. The number of nitrogen functional groups attached to an aromatic ring is 1. The number of aromatic nitrogens is 2. The largest absolute Gasteiger partial charge is 0.394 e. The number of benzene rings is 1. The molecule has 0 unspecified atom stereocenters. The highest BCUT2D eigenvalue weighted by Gasteiger charge is 2.13. The Balaban J connectivity index is 2.12. The molecule has 0 saturated heterocycles. The van der Waals surface area contributed by atoms with Gasteiger partial charge in [0, 0.05) is 7.05 Å². The minimum atomic E-state index is -0.0935. The predicted molar refractivity (Wildman–Crippen MR) is 75.9 cm³/mol. The van der Waals surface area contributed by atoms with E-state index in [0.717, 1.165) is 11.1 Å². The number of anilines is 2. The van der Waals surface area contributed by atoms with Crippen LogP contribution in [0.2, 0.25) is 0 Å². The Morgan fingerprint density at radius 1 is 1.37 bits per heavy atom. The van der Waals surface area contributed by atoms with Crippen LogP contribution in [0.15, 0.2) is 24.3 Å². The van der Waals surface area contributed by atoms with Crippen molar-refractivity contribution in [3.8, 4) is 0 Å². The number of carbonyl (C=O) groups excluding carboxylic acids is 1. The quantitative estimate of drug-likeness (QED) is 0.881. The molecular weight excluding hydrogens is 240 g/mol. The van der Waals surface area contributed by atoms with Gasteiger partial charge in [-0.25, -0.2) is 0 Å². The van der Waals surface area contributed by atoms with E-state index in [0.29, 0.717) is 23.6 Å². The van der Waals surface area contributed by atoms with E-state index in [1.54, 1.807) is 11.7 Å².